The van der Waals surface area contributed by atoms with Crippen molar-refractivity contribution in [2.75, 3.05) is 0 Å². The van der Waals surface area contributed by atoms with Crippen LogP contribution in [0.5, 0.6) is 0 Å². The normalized spacial score (nSPS) is 9.68. The Morgan fingerprint density at radius 3 is 1.47 bits per heavy atom. The average molecular weight is 349 g/mol. The summed E-state index contributed by atoms with van der Waals surface area (Å²) in [6, 6.07) is 21.2. The fourth-order valence-corrected chi connectivity index (χ4v) is 3.46. The van der Waals surface area contributed by atoms with Crippen LogP contribution in [-0.4, -0.2) is 17.1 Å². The summed E-state index contributed by atoms with van der Waals surface area (Å²) in [6.45, 7) is 0. The van der Waals surface area contributed by atoms with Crippen LogP contribution < -0.4 is 0 Å². The van der Waals surface area contributed by atoms with E-state index in [9.17, 15) is 0 Å². The van der Waals surface area contributed by atoms with Crippen molar-refractivity contribution in [2.24, 2.45) is 0 Å². The first kappa shape index (κ1) is 14.3. The van der Waals surface area contributed by atoms with Crippen molar-refractivity contribution in [2.45, 2.75) is 0 Å². The molecule has 0 aliphatic heterocycles. The molecule has 2 aromatic carbocycles. The van der Waals surface area contributed by atoms with Gasteiger partial charge >= 0.3 is 17.1 Å². The van der Waals surface area contributed by atoms with Crippen molar-refractivity contribution in [1.29, 1.82) is 0 Å². The number of rotatable bonds is 0. The van der Waals surface area contributed by atoms with Gasteiger partial charge in [-0.15, -0.1) is 11.3 Å². The van der Waals surface area contributed by atoms with Crippen molar-refractivity contribution in [3.63, 3.8) is 0 Å². The molecule has 96 valence electrons. The van der Waals surface area contributed by atoms with Crippen LogP contribution in [0, 0.1) is 0 Å². The van der Waals surface area contributed by atoms with E-state index in [1.165, 1.54) is 20.2 Å². The zero-order valence-electron chi connectivity index (χ0n) is 10.2. The number of hydrogen-bond acceptors (Lipinski definition) is 2. The van der Waals surface area contributed by atoms with Gasteiger partial charge in [-0.25, -0.2) is 0 Å². The van der Waals surface area contributed by atoms with Gasteiger partial charge in [0.25, 0.3) is 0 Å². The molecule has 0 aliphatic carbocycles. The van der Waals surface area contributed by atoms with Gasteiger partial charge in [-0.3, -0.25) is 0 Å². The smallest absolute Gasteiger partial charge is 0.0355 e. The van der Waals surface area contributed by atoms with Gasteiger partial charge < -0.3 is 0 Å². The topological polar surface area (TPSA) is 0 Å². The van der Waals surface area contributed by atoms with E-state index in [-0.39, 0.29) is 17.1 Å². The molecule has 0 N–H and O–H groups in total. The van der Waals surface area contributed by atoms with E-state index in [1.807, 2.05) is 34.2 Å². The summed E-state index contributed by atoms with van der Waals surface area (Å²) in [5, 5.41) is 6.84. The summed E-state index contributed by atoms with van der Waals surface area (Å²) in [6.07, 6.45) is 0. The molecule has 4 aromatic rings. The van der Waals surface area contributed by atoms with E-state index in [1.54, 1.807) is 11.3 Å². The first-order valence-electron chi connectivity index (χ1n) is 5.78. The summed E-state index contributed by atoms with van der Waals surface area (Å²) in [4.78, 5) is 0. The van der Waals surface area contributed by atoms with E-state index in [0.29, 0.717) is 0 Å². The van der Waals surface area contributed by atoms with E-state index >= 15 is 0 Å². The zero-order chi connectivity index (χ0) is 12.2. The molecule has 0 fully saturated rings. The molecule has 0 amide bonds. The molecule has 0 aliphatic rings. The third-order valence-corrected chi connectivity index (χ3v) is 4.49. The molecular formula is C16H14S2Se. The van der Waals surface area contributed by atoms with Gasteiger partial charge in [0.1, 0.15) is 0 Å². The van der Waals surface area contributed by atoms with Crippen molar-refractivity contribution >= 4 is 59.9 Å². The van der Waals surface area contributed by atoms with Crippen LogP contribution in [0.25, 0.3) is 20.2 Å². The van der Waals surface area contributed by atoms with Gasteiger partial charge in [-0.1, -0.05) is 48.5 Å². The predicted octanol–water partition coefficient (Wildman–Crippen LogP) is 4.89. The van der Waals surface area contributed by atoms with E-state index in [2.05, 4.69) is 48.5 Å². The summed E-state index contributed by atoms with van der Waals surface area (Å²) < 4.78 is 2.76. The number of thiophene rings is 2. The van der Waals surface area contributed by atoms with Crippen LogP contribution in [0.3, 0.4) is 0 Å². The van der Waals surface area contributed by atoms with Crippen LogP contribution in [0.15, 0.2) is 71.4 Å². The second-order valence-electron chi connectivity index (χ2n) is 3.89. The largest absolute Gasteiger partial charge is 0.152 e. The molecular weight excluding hydrogens is 335 g/mol. The molecule has 0 saturated heterocycles. The number of benzene rings is 2. The van der Waals surface area contributed by atoms with E-state index < -0.39 is 0 Å². The molecule has 3 heteroatoms. The Hall–Kier alpha value is -1.12. The molecule has 0 bridgehead atoms. The molecule has 0 saturated carbocycles. The van der Waals surface area contributed by atoms with E-state index in [0.717, 1.165) is 0 Å². The monoisotopic (exact) mass is 350 g/mol. The maximum atomic E-state index is 2.19. The average Bonchev–Trinajstić information content (AvgIpc) is 3.10. The molecule has 2 heterocycles. The summed E-state index contributed by atoms with van der Waals surface area (Å²) in [5.41, 5.74) is 0. The molecule has 19 heavy (non-hydrogen) atoms. The molecule has 0 spiro atoms. The zero-order valence-corrected chi connectivity index (χ0v) is 14.0. The third kappa shape index (κ3) is 3.26. The maximum absolute atomic E-state index is 2.19. The molecule has 0 nitrogen and oxygen atoms in total. The van der Waals surface area contributed by atoms with Crippen LogP contribution in [0.1, 0.15) is 0 Å². The first-order chi connectivity index (χ1) is 8.95. The van der Waals surface area contributed by atoms with Crippen molar-refractivity contribution in [1.82, 2.24) is 0 Å². The van der Waals surface area contributed by atoms with Crippen molar-refractivity contribution in [3.05, 3.63) is 71.4 Å². The standard InChI is InChI=1S/C12H8S.C4H4S.H2Se/c1-3-7-11-9(5-1)10-6-2-4-8-12(10)13-11;1-2-4-5-3-1;/h1-8H;1-4H;1H2. The van der Waals surface area contributed by atoms with E-state index in [4.69, 9.17) is 0 Å². The molecule has 0 atom stereocenters. The Balaban J connectivity index is 0.000000190. The first-order valence-corrected chi connectivity index (χ1v) is 7.54. The minimum absolute atomic E-state index is 0. The second-order valence-corrected chi connectivity index (χ2v) is 5.79. The SMILES string of the molecule is [SeH2].c1ccc2c(c1)sc1ccccc12.c1ccsc1. The minimum Gasteiger partial charge on any atom is -0.152 e. The van der Waals surface area contributed by atoms with Crippen LogP contribution >= 0.6 is 22.7 Å². The number of hydrogen-bond donors (Lipinski definition) is 0. The van der Waals surface area contributed by atoms with Crippen LogP contribution in [0.4, 0.5) is 0 Å². The Bertz CT molecular complexity index is 674. The van der Waals surface area contributed by atoms with Gasteiger partial charge in [0, 0.05) is 20.2 Å². The molecule has 2 aromatic heterocycles. The van der Waals surface area contributed by atoms with Crippen LogP contribution in [-0.2, 0) is 0 Å². The fraction of sp³-hybridized carbons (Fsp3) is 0. The Labute approximate surface area is 131 Å². The number of fused-ring (bicyclic) bond motifs is 3. The second kappa shape index (κ2) is 6.88. The Kier molecular flexibility index (Phi) is 5.17. The van der Waals surface area contributed by atoms with Gasteiger partial charge in [-0.2, -0.15) is 11.3 Å². The van der Waals surface area contributed by atoms with Gasteiger partial charge in [0.2, 0.25) is 0 Å². The Morgan fingerprint density at radius 2 is 1.05 bits per heavy atom. The summed E-state index contributed by atoms with van der Waals surface area (Å²) >= 11 is 3.57. The maximum Gasteiger partial charge on any atom is 0.0355 e. The predicted molar refractivity (Wildman–Crippen MR) is 92.2 cm³/mol. The fourth-order valence-electron chi connectivity index (χ4n) is 1.90. The van der Waals surface area contributed by atoms with Crippen molar-refractivity contribution < 1.29 is 0 Å². The molecule has 0 unspecified atom stereocenters. The Morgan fingerprint density at radius 1 is 0.579 bits per heavy atom. The minimum atomic E-state index is 0. The van der Waals surface area contributed by atoms with Gasteiger partial charge in [-0.05, 0) is 22.9 Å². The van der Waals surface area contributed by atoms with Crippen LogP contribution in [0.2, 0.25) is 0 Å². The molecule has 4 rings (SSSR count). The quantitative estimate of drug-likeness (QED) is 0.397. The molecule has 0 radical (unpaired) electrons. The van der Waals surface area contributed by atoms with Crippen molar-refractivity contribution in [3.8, 4) is 0 Å². The third-order valence-electron chi connectivity index (χ3n) is 2.71. The summed E-state index contributed by atoms with van der Waals surface area (Å²) in [5.74, 6) is 0. The van der Waals surface area contributed by atoms with Gasteiger partial charge in [0.05, 0.1) is 0 Å². The summed E-state index contributed by atoms with van der Waals surface area (Å²) in [7, 11) is 0. The van der Waals surface area contributed by atoms with Gasteiger partial charge in [0.15, 0.2) is 0 Å².